The summed E-state index contributed by atoms with van der Waals surface area (Å²) in [6.07, 6.45) is 4.14. The molecular formula is C23H22N4O2. The Morgan fingerprint density at radius 2 is 1.83 bits per heavy atom. The summed E-state index contributed by atoms with van der Waals surface area (Å²) in [4.78, 5) is 25.4. The fourth-order valence-electron chi connectivity index (χ4n) is 3.18. The standard InChI is InChI=1S/C23H22N4O2/c1-4-16-5-7-17(8-6-16)27(3)18-9-10-21(15(2)13-18)29-23-25-20-14-24-12-11-19(20)22(28)26-23/h5-14H,4H2,1-3H3,(H,25,26,28). The molecule has 0 aliphatic rings. The van der Waals surface area contributed by atoms with Crippen molar-refractivity contribution in [1.82, 2.24) is 15.0 Å². The number of ether oxygens (including phenoxy) is 1. The van der Waals surface area contributed by atoms with Gasteiger partial charge in [0, 0.05) is 24.6 Å². The molecule has 29 heavy (non-hydrogen) atoms. The van der Waals surface area contributed by atoms with Crippen LogP contribution in [0.1, 0.15) is 18.1 Å². The molecule has 0 aliphatic heterocycles. The summed E-state index contributed by atoms with van der Waals surface area (Å²) in [6.45, 7) is 4.11. The summed E-state index contributed by atoms with van der Waals surface area (Å²) >= 11 is 0. The van der Waals surface area contributed by atoms with E-state index in [0.717, 1.165) is 23.4 Å². The van der Waals surface area contributed by atoms with E-state index in [1.807, 2.05) is 32.2 Å². The van der Waals surface area contributed by atoms with Crippen molar-refractivity contribution < 1.29 is 4.74 Å². The highest BCUT2D eigenvalue weighted by Crippen LogP contribution is 2.30. The van der Waals surface area contributed by atoms with Gasteiger partial charge in [-0.15, -0.1) is 0 Å². The minimum absolute atomic E-state index is 0.148. The number of rotatable bonds is 5. The molecule has 6 nitrogen and oxygen atoms in total. The largest absolute Gasteiger partial charge is 0.425 e. The van der Waals surface area contributed by atoms with Gasteiger partial charge in [0.25, 0.3) is 5.56 Å². The van der Waals surface area contributed by atoms with Gasteiger partial charge in [-0.25, -0.2) is 0 Å². The first-order chi connectivity index (χ1) is 14.0. The van der Waals surface area contributed by atoms with Crippen molar-refractivity contribution in [2.75, 3.05) is 11.9 Å². The molecule has 0 unspecified atom stereocenters. The first-order valence-electron chi connectivity index (χ1n) is 9.50. The number of anilines is 2. The van der Waals surface area contributed by atoms with Crippen molar-refractivity contribution in [3.8, 4) is 11.8 Å². The zero-order valence-electron chi connectivity index (χ0n) is 16.6. The summed E-state index contributed by atoms with van der Waals surface area (Å²) in [5.74, 6) is 0.634. The number of aromatic nitrogens is 3. The van der Waals surface area contributed by atoms with Gasteiger partial charge in [0.1, 0.15) is 5.75 Å². The Kier molecular flexibility index (Phi) is 4.99. The van der Waals surface area contributed by atoms with Gasteiger partial charge in [0.2, 0.25) is 0 Å². The number of H-pyrrole nitrogens is 1. The van der Waals surface area contributed by atoms with Crippen LogP contribution in [0.25, 0.3) is 10.9 Å². The van der Waals surface area contributed by atoms with Gasteiger partial charge in [0.05, 0.1) is 17.1 Å². The Morgan fingerprint density at radius 1 is 1.07 bits per heavy atom. The van der Waals surface area contributed by atoms with Gasteiger partial charge < -0.3 is 9.64 Å². The summed E-state index contributed by atoms with van der Waals surface area (Å²) in [6, 6.07) is 16.2. The summed E-state index contributed by atoms with van der Waals surface area (Å²) < 4.78 is 5.86. The third-order valence-corrected chi connectivity index (χ3v) is 4.97. The van der Waals surface area contributed by atoms with E-state index < -0.39 is 0 Å². The Morgan fingerprint density at radius 3 is 2.55 bits per heavy atom. The molecule has 0 amide bonds. The molecular weight excluding hydrogens is 364 g/mol. The molecule has 2 aromatic carbocycles. The second-order valence-corrected chi connectivity index (χ2v) is 6.89. The number of nitrogens with zero attached hydrogens (tertiary/aromatic N) is 3. The van der Waals surface area contributed by atoms with E-state index in [2.05, 4.69) is 51.0 Å². The molecule has 0 aliphatic carbocycles. The Hall–Kier alpha value is -3.67. The number of pyridine rings is 1. The Bertz CT molecular complexity index is 1220. The van der Waals surface area contributed by atoms with Crippen molar-refractivity contribution in [2.45, 2.75) is 20.3 Å². The van der Waals surface area contributed by atoms with Crippen LogP contribution >= 0.6 is 0 Å². The summed E-state index contributed by atoms with van der Waals surface area (Å²) in [7, 11) is 2.03. The highest BCUT2D eigenvalue weighted by Gasteiger charge is 2.10. The molecule has 4 rings (SSSR count). The topological polar surface area (TPSA) is 71.1 Å². The second-order valence-electron chi connectivity index (χ2n) is 6.89. The highest BCUT2D eigenvalue weighted by atomic mass is 16.5. The van der Waals surface area contributed by atoms with Crippen LogP contribution in [0.2, 0.25) is 0 Å². The smallest absolute Gasteiger partial charge is 0.302 e. The lowest BCUT2D eigenvalue weighted by atomic mass is 10.1. The van der Waals surface area contributed by atoms with E-state index in [1.165, 1.54) is 5.56 Å². The van der Waals surface area contributed by atoms with Crippen LogP contribution in [0.5, 0.6) is 11.8 Å². The van der Waals surface area contributed by atoms with Crippen molar-refractivity contribution in [1.29, 1.82) is 0 Å². The fourth-order valence-corrected chi connectivity index (χ4v) is 3.18. The molecule has 0 atom stereocenters. The average Bonchev–Trinajstić information content (AvgIpc) is 2.75. The Labute approximate surface area is 168 Å². The van der Waals surface area contributed by atoms with Crippen LogP contribution in [0.4, 0.5) is 11.4 Å². The molecule has 2 aromatic heterocycles. The van der Waals surface area contributed by atoms with Crippen molar-refractivity contribution in [3.63, 3.8) is 0 Å². The number of hydrogen-bond acceptors (Lipinski definition) is 5. The van der Waals surface area contributed by atoms with Gasteiger partial charge in [0.15, 0.2) is 0 Å². The van der Waals surface area contributed by atoms with E-state index in [4.69, 9.17) is 4.74 Å². The lowest BCUT2D eigenvalue weighted by molar-refractivity contribution is 0.439. The molecule has 0 saturated heterocycles. The van der Waals surface area contributed by atoms with E-state index in [9.17, 15) is 4.79 Å². The maximum absolute atomic E-state index is 12.2. The molecule has 0 saturated carbocycles. The average molecular weight is 386 g/mol. The molecule has 4 aromatic rings. The normalized spacial score (nSPS) is 10.9. The molecule has 2 heterocycles. The van der Waals surface area contributed by atoms with Gasteiger partial charge in [-0.05, 0) is 60.9 Å². The zero-order chi connectivity index (χ0) is 20.4. The SMILES string of the molecule is CCc1ccc(N(C)c2ccc(Oc3nc4cnccc4c(=O)[nH]3)c(C)c2)cc1. The number of aromatic amines is 1. The van der Waals surface area contributed by atoms with Crippen molar-refractivity contribution in [2.24, 2.45) is 0 Å². The lowest BCUT2D eigenvalue weighted by Crippen LogP contribution is -2.11. The molecule has 0 spiro atoms. The van der Waals surface area contributed by atoms with Gasteiger partial charge in [-0.2, -0.15) is 4.98 Å². The predicted molar refractivity (Wildman–Crippen MR) is 115 cm³/mol. The van der Waals surface area contributed by atoms with E-state index >= 15 is 0 Å². The van der Waals surface area contributed by atoms with Crippen molar-refractivity contribution >= 4 is 22.3 Å². The predicted octanol–water partition coefficient (Wildman–Crippen LogP) is 4.75. The number of benzene rings is 2. The quantitative estimate of drug-likeness (QED) is 0.536. The van der Waals surface area contributed by atoms with Gasteiger partial charge in [-0.3, -0.25) is 14.8 Å². The molecule has 0 radical (unpaired) electrons. The molecule has 0 fully saturated rings. The minimum Gasteiger partial charge on any atom is -0.425 e. The Balaban J connectivity index is 1.59. The third-order valence-electron chi connectivity index (χ3n) is 4.97. The van der Waals surface area contributed by atoms with Crippen molar-refractivity contribution in [3.05, 3.63) is 82.4 Å². The van der Waals surface area contributed by atoms with Crippen LogP contribution in [0, 0.1) is 6.92 Å². The molecule has 1 N–H and O–H groups in total. The van der Waals surface area contributed by atoms with E-state index in [0.29, 0.717) is 16.7 Å². The summed E-state index contributed by atoms with van der Waals surface area (Å²) in [5, 5.41) is 0.482. The maximum Gasteiger partial charge on any atom is 0.302 e. The van der Waals surface area contributed by atoms with E-state index in [1.54, 1.807) is 18.5 Å². The number of aryl methyl sites for hydroxylation is 2. The van der Waals surface area contributed by atoms with Crippen LogP contribution in [0.3, 0.4) is 0 Å². The first kappa shape index (κ1) is 18.7. The fraction of sp³-hybridized carbons (Fsp3) is 0.174. The molecule has 6 heteroatoms. The minimum atomic E-state index is -0.253. The van der Waals surface area contributed by atoms with Gasteiger partial charge in [-0.1, -0.05) is 19.1 Å². The summed E-state index contributed by atoms with van der Waals surface area (Å²) in [5.41, 5.74) is 4.65. The highest BCUT2D eigenvalue weighted by molar-refractivity contribution is 5.76. The third kappa shape index (κ3) is 3.82. The second kappa shape index (κ2) is 7.75. The van der Waals surface area contributed by atoms with Crippen LogP contribution in [-0.4, -0.2) is 22.0 Å². The number of fused-ring (bicyclic) bond motifs is 1. The van der Waals surface area contributed by atoms with Gasteiger partial charge >= 0.3 is 6.01 Å². The molecule has 0 bridgehead atoms. The van der Waals surface area contributed by atoms with Crippen LogP contribution in [0.15, 0.2) is 65.7 Å². The first-order valence-corrected chi connectivity index (χ1v) is 9.50. The van der Waals surface area contributed by atoms with Crippen LogP contribution in [-0.2, 0) is 6.42 Å². The van der Waals surface area contributed by atoms with E-state index in [-0.39, 0.29) is 11.6 Å². The molecule has 146 valence electrons. The zero-order valence-corrected chi connectivity index (χ0v) is 16.6. The number of hydrogen-bond donors (Lipinski definition) is 1. The maximum atomic E-state index is 12.2. The van der Waals surface area contributed by atoms with Crippen LogP contribution < -0.4 is 15.2 Å². The number of nitrogens with one attached hydrogen (secondary N) is 1. The monoisotopic (exact) mass is 386 g/mol. The lowest BCUT2D eigenvalue weighted by Gasteiger charge is -2.21.